The van der Waals surface area contributed by atoms with Crippen molar-refractivity contribution in [3.8, 4) is 0 Å². The van der Waals surface area contributed by atoms with Gasteiger partial charge in [-0.3, -0.25) is 4.99 Å². The zero-order valence-electron chi connectivity index (χ0n) is 11.9. The summed E-state index contributed by atoms with van der Waals surface area (Å²) >= 11 is 0. The van der Waals surface area contributed by atoms with Gasteiger partial charge in [-0.1, -0.05) is 6.07 Å². The quantitative estimate of drug-likeness (QED) is 0.604. The molecule has 3 N–H and O–H groups in total. The largest absolute Gasteiger partial charge is 0.383 e. The van der Waals surface area contributed by atoms with Gasteiger partial charge >= 0.3 is 0 Å². The van der Waals surface area contributed by atoms with Crippen molar-refractivity contribution in [1.82, 2.24) is 14.7 Å². The maximum Gasteiger partial charge on any atom is 0.188 e. The predicted molar refractivity (Wildman–Crippen MR) is 79.9 cm³/mol. The lowest BCUT2D eigenvalue weighted by Crippen LogP contribution is -2.40. The third-order valence-corrected chi connectivity index (χ3v) is 2.87. The molecule has 6 heteroatoms. The van der Waals surface area contributed by atoms with Crippen molar-refractivity contribution in [2.45, 2.75) is 19.4 Å². The van der Waals surface area contributed by atoms with Gasteiger partial charge in [0.25, 0.3) is 0 Å². The fourth-order valence-corrected chi connectivity index (χ4v) is 1.99. The van der Waals surface area contributed by atoms with Crippen molar-refractivity contribution in [3.63, 3.8) is 0 Å². The van der Waals surface area contributed by atoms with Crippen molar-refractivity contribution in [1.29, 1.82) is 0 Å². The molecule has 0 amide bonds. The molecule has 1 unspecified atom stereocenters. The standard InChI is InChI=1S/C14H21N5O/c1-11(10-20-2)17-14(15)16-7-6-12-9-19-8-4-3-5-13(19)18-12/h3-5,8-9,11H,6-7,10H2,1-2H3,(H3,15,16,17). The summed E-state index contributed by atoms with van der Waals surface area (Å²) in [6.07, 6.45) is 4.77. The van der Waals surface area contributed by atoms with E-state index in [1.54, 1.807) is 7.11 Å². The summed E-state index contributed by atoms with van der Waals surface area (Å²) < 4.78 is 7.03. The molecule has 6 nitrogen and oxygen atoms in total. The number of aliphatic imine (C=N–C) groups is 1. The number of aromatic nitrogens is 2. The van der Waals surface area contributed by atoms with Gasteiger partial charge in [-0.25, -0.2) is 4.98 Å². The smallest absolute Gasteiger partial charge is 0.188 e. The number of nitrogens with zero attached hydrogens (tertiary/aromatic N) is 3. The van der Waals surface area contributed by atoms with E-state index in [0.29, 0.717) is 19.1 Å². The number of rotatable bonds is 6. The number of hydrogen-bond acceptors (Lipinski definition) is 3. The van der Waals surface area contributed by atoms with Crippen molar-refractivity contribution in [2.24, 2.45) is 10.7 Å². The van der Waals surface area contributed by atoms with Gasteiger partial charge in [-0.2, -0.15) is 0 Å². The Morgan fingerprint density at radius 1 is 1.55 bits per heavy atom. The Balaban J connectivity index is 1.85. The fraction of sp³-hybridized carbons (Fsp3) is 0.429. The second kappa shape index (κ2) is 6.91. The van der Waals surface area contributed by atoms with Crippen LogP contribution < -0.4 is 11.1 Å². The highest BCUT2D eigenvalue weighted by atomic mass is 16.5. The van der Waals surface area contributed by atoms with Crippen LogP contribution in [0.4, 0.5) is 0 Å². The minimum absolute atomic E-state index is 0.152. The number of methoxy groups -OCH3 is 1. The first-order valence-electron chi connectivity index (χ1n) is 6.67. The molecule has 2 aromatic rings. The Kier molecular flexibility index (Phi) is 4.95. The normalized spacial score (nSPS) is 13.6. The van der Waals surface area contributed by atoms with Crippen molar-refractivity contribution < 1.29 is 4.74 Å². The van der Waals surface area contributed by atoms with Gasteiger partial charge in [0.05, 0.1) is 12.3 Å². The maximum absolute atomic E-state index is 5.80. The van der Waals surface area contributed by atoms with Crippen LogP contribution in [0.5, 0.6) is 0 Å². The molecular weight excluding hydrogens is 254 g/mol. The zero-order chi connectivity index (χ0) is 14.4. The van der Waals surface area contributed by atoms with E-state index in [-0.39, 0.29) is 6.04 Å². The molecular formula is C14H21N5O. The Labute approximate surface area is 118 Å². The summed E-state index contributed by atoms with van der Waals surface area (Å²) in [7, 11) is 1.66. The summed E-state index contributed by atoms with van der Waals surface area (Å²) in [5.74, 6) is 0.443. The number of imidazole rings is 1. The maximum atomic E-state index is 5.80. The number of pyridine rings is 1. The lowest BCUT2D eigenvalue weighted by atomic mass is 10.3. The molecule has 0 aromatic carbocycles. The summed E-state index contributed by atoms with van der Waals surface area (Å²) in [5, 5.41) is 3.07. The van der Waals surface area contributed by atoms with Crippen LogP contribution in [-0.4, -0.2) is 41.6 Å². The third kappa shape index (κ3) is 3.96. The number of ether oxygens (including phenoxy) is 1. The van der Waals surface area contributed by atoms with Crippen LogP contribution in [0.15, 0.2) is 35.6 Å². The molecule has 0 saturated carbocycles. The first kappa shape index (κ1) is 14.3. The van der Waals surface area contributed by atoms with Crippen LogP contribution in [0.3, 0.4) is 0 Å². The van der Waals surface area contributed by atoms with Gasteiger partial charge in [0.1, 0.15) is 5.65 Å². The van der Waals surface area contributed by atoms with Gasteiger partial charge < -0.3 is 20.2 Å². The molecule has 0 aliphatic carbocycles. The highest BCUT2D eigenvalue weighted by molar-refractivity contribution is 5.78. The highest BCUT2D eigenvalue weighted by Gasteiger charge is 2.02. The fourth-order valence-electron chi connectivity index (χ4n) is 1.99. The number of hydrogen-bond donors (Lipinski definition) is 2. The number of nitrogens with one attached hydrogen (secondary N) is 1. The molecule has 2 rings (SSSR count). The third-order valence-electron chi connectivity index (χ3n) is 2.87. The highest BCUT2D eigenvalue weighted by Crippen LogP contribution is 2.04. The number of fused-ring (bicyclic) bond motifs is 1. The van der Waals surface area contributed by atoms with Crippen LogP contribution >= 0.6 is 0 Å². The average molecular weight is 275 g/mol. The summed E-state index contributed by atoms with van der Waals surface area (Å²) in [5.41, 5.74) is 7.76. The van der Waals surface area contributed by atoms with E-state index in [0.717, 1.165) is 17.8 Å². The summed E-state index contributed by atoms with van der Waals surface area (Å²) in [4.78, 5) is 8.80. The Morgan fingerprint density at radius 3 is 3.15 bits per heavy atom. The van der Waals surface area contributed by atoms with E-state index in [9.17, 15) is 0 Å². The average Bonchev–Trinajstić information content (AvgIpc) is 2.81. The number of guanidine groups is 1. The van der Waals surface area contributed by atoms with Crippen LogP contribution in [0.2, 0.25) is 0 Å². The second-order valence-corrected chi connectivity index (χ2v) is 4.72. The lowest BCUT2D eigenvalue weighted by Gasteiger charge is -2.12. The molecule has 0 spiro atoms. The molecule has 1 atom stereocenters. The summed E-state index contributed by atoms with van der Waals surface area (Å²) in [6.45, 7) is 3.21. The van der Waals surface area contributed by atoms with Gasteiger partial charge in [0.2, 0.25) is 0 Å². The molecule has 2 heterocycles. The van der Waals surface area contributed by atoms with E-state index in [1.807, 2.05) is 41.9 Å². The van der Waals surface area contributed by atoms with Gasteiger partial charge in [-0.15, -0.1) is 0 Å². The molecule has 0 fully saturated rings. The van der Waals surface area contributed by atoms with E-state index in [4.69, 9.17) is 10.5 Å². The molecule has 0 bridgehead atoms. The van der Waals surface area contributed by atoms with Crippen molar-refractivity contribution in [3.05, 3.63) is 36.3 Å². The van der Waals surface area contributed by atoms with Gasteiger partial charge in [0.15, 0.2) is 5.96 Å². The molecule has 108 valence electrons. The molecule has 2 aromatic heterocycles. The van der Waals surface area contributed by atoms with E-state index in [1.165, 1.54) is 0 Å². The SMILES string of the molecule is COCC(C)NC(N)=NCCc1cn2ccccc2n1. The second-order valence-electron chi connectivity index (χ2n) is 4.72. The van der Waals surface area contributed by atoms with E-state index < -0.39 is 0 Å². The molecule has 0 saturated heterocycles. The molecule has 0 radical (unpaired) electrons. The van der Waals surface area contributed by atoms with Crippen molar-refractivity contribution in [2.75, 3.05) is 20.3 Å². The molecule has 0 aliphatic rings. The van der Waals surface area contributed by atoms with Crippen LogP contribution in [-0.2, 0) is 11.2 Å². The monoisotopic (exact) mass is 275 g/mol. The topological polar surface area (TPSA) is 76.9 Å². The Bertz CT molecular complexity index is 545. The molecule has 0 aliphatic heterocycles. The van der Waals surface area contributed by atoms with Crippen molar-refractivity contribution >= 4 is 11.6 Å². The zero-order valence-corrected chi connectivity index (χ0v) is 11.9. The summed E-state index contributed by atoms with van der Waals surface area (Å²) in [6, 6.07) is 6.09. The number of nitrogens with two attached hydrogens (primary N) is 1. The van der Waals surface area contributed by atoms with E-state index >= 15 is 0 Å². The minimum Gasteiger partial charge on any atom is -0.383 e. The van der Waals surface area contributed by atoms with Gasteiger partial charge in [-0.05, 0) is 19.1 Å². The first-order valence-corrected chi connectivity index (χ1v) is 6.67. The molecule has 20 heavy (non-hydrogen) atoms. The Morgan fingerprint density at radius 2 is 2.40 bits per heavy atom. The van der Waals surface area contributed by atoms with E-state index in [2.05, 4.69) is 15.3 Å². The lowest BCUT2D eigenvalue weighted by molar-refractivity contribution is 0.179. The first-order chi connectivity index (χ1) is 9.69. The van der Waals surface area contributed by atoms with Gasteiger partial charge in [0, 0.05) is 38.5 Å². The van der Waals surface area contributed by atoms with Crippen LogP contribution in [0.25, 0.3) is 5.65 Å². The minimum atomic E-state index is 0.152. The predicted octanol–water partition coefficient (Wildman–Crippen LogP) is 0.816. The van der Waals surface area contributed by atoms with Crippen LogP contribution in [0.1, 0.15) is 12.6 Å². The Hall–Kier alpha value is -2.08. The van der Waals surface area contributed by atoms with Crippen LogP contribution in [0, 0.1) is 0 Å².